The quantitative estimate of drug-likeness (QED) is 0.738. The van der Waals surface area contributed by atoms with Crippen molar-refractivity contribution >= 4 is 38.9 Å². The standard InChI is InChI=1S/C11H7BrN4S/c12-7-2-1-3-8(4-7)17-11-9-10(14-5-13-9)15-6-16-11/h1-6H,(H,13,14,15,16). The van der Waals surface area contributed by atoms with Gasteiger partial charge in [-0.2, -0.15) is 0 Å². The Morgan fingerprint density at radius 1 is 1.18 bits per heavy atom. The number of nitrogens with zero attached hydrogens (tertiary/aromatic N) is 3. The van der Waals surface area contributed by atoms with Crippen LogP contribution in [-0.2, 0) is 0 Å². The maximum Gasteiger partial charge on any atom is 0.181 e. The molecule has 3 rings (SSSR count). The van der Waals surface area contributed by atoms with Gasteiger partial charge in [0.05, 0.1) is 6.33 Å². The summed E-state index contributed by atoms with van der Waals surface area (Å²) in [5, 5.41) is 0.880. The predicted molar refractivity (Wildman–Crippen MR) is 69.9 cm³/mol. The molecule has 0 fully saturated rings. The molecule has 1 N–H and O–H groups in total. The van der Waals surface area contributed by atoms with E-state index in [0.717, 1.165) is 19.9 Å². The fourth-order valence-electron chi connectivity index (χ4n) is 1.46. The number of benzene rings is 1. The molecule has 84 valence electrons. The van der Waals surface area contributed by atoms with Crippen molar-refractivity contribution in [1.82, 2.24) is 19.9 Å². The minimum absolute atomic E-state index is 0.692. The molecule has 4 nitrogen and oxygen atoms in total. The van der Waals surface area contributed by atoms with Gasteiger partial charge in [0.25, 0.3) is 0 Å². The zero-order chi connectivity index (χ0) is 11.7. The molecule has 0 saturated carbocycles. The summed E-state index contributed by atoms with van der Waals surface area (Å²) >= 11 is 5.04. The Balaban J connectivity index is 2.02. The summed E-state index contributed by atoms with van der Waals surface area (Å²) in [6, 6.07) is 8.09. The molecular weight excluding hydrogens is 300 g/mol. The van der Waals surface area contributed by atoms with Crippen molar-refractivity contribution in [1.29, 1.82) is 0 Å². The van der Waals surface area contributed by atoms with E-state index < -0.39 is 0 Å². The third-order valence-corrected chi connectivity index (χ3v) is 3.68. The van der Waals surface area contributed by atoms with Crippen LogP contribution in [0, 0.1) is 0 Å². The normalized spacial score (nSPS) is 10.9. The molecule has 0 aliphatic carbocycles. The molecule has 0 radical (unpaired) electrons. The van der Waals surface area contributed by atoms with E-state index in [1.54, 1.807) is 18.1 Å². The van der Waals surface area contributed by atoms with Gasteiger partial charge in [-0.15, -0.1) is 0 Å². The molecule has 0 spiro atoms. The molecule has 2 aromatic heterocycles. The number of H-pyrrole nitrogens is 1. The Bertz CT molecular complexity index is 667. The van der Waals surface area contributed by atoms with Crippen LogP contribution in [0.15, 0.2) is 51.3 Å². The maximum absolute atomic E-state index is 4.27. The lowest BCUT2D eigenvalue weighted by atomic mass is 10.4. The second kappa shape index (κ2) is 4.46. The first-order valence-electron chi connectivity index (χ1n) is 4.90. The number of imidazole rings is 1. The molecule has 0 bridgehead atoms. The third kappa shape index (κ3) is 2.18. The summed E-state index contributed by atoms with van der Waals surface area (Å²) in [4.78, 5) is 16.6. The number of rotatable bonds is 2. The lowest BCUT2D eigenvalue weighted by Gasteiger charge is -2.01. The predicted octanol–water partition coefficient (Wildman–Crippen LogP) is 3.27. The third-order valence-electron chi connectivity index (χ3n) is 2.20. The first-order valence-corrected chi connectivity index (χ1v) is 6.51. The minimum atomic E-state index is 0.692. The van der Waals surface area contributed by atoms with Gasteiger partial charge >= 0.3 is 0 Å². The SMILES string of the molecule is Brc1cccc(Sc2ncnc3nc[nH]c23)c1. The Hall–Kier alpha value is -1.40. The molecule has 1 aromatic carbocycles. The second-order valence-electron chi connectivity index (χ2n) is 3.34. The first kappa shape index (κ1) is 10.7. The summed E-state index contributed by atoms with van der Waals surface area (Å²) in [6.07, 6.45) is 3.16. The van der Waals surface area contributed by atoms with E-state index in [0.29, 0.717) is 5.65 Å². The molecule has 0 amide bonds. The molecule has 0 unspecified atom stereocenters. The Labute approximate surface area is 110 Å². The van der Waals surface area contributed by atoms with Crippen molar-refractivity contribution in [3.8, 4) is 0 Å². The average molecular weight is 307 g/mol. The van der Waals surface area contributed by atoms with Gasteiger partial charge in [-0.25, -0.2) is 15.0 Å². The van der Waals surface area contributed by atoms with Crippen LogP contribution in [0.1, 0.15) is 0 Å². The van der Waals surface area contributed by atoms with Crippen molar-refractivity contribution in [3.63, 3.8) is 0 Å². The summed E-state index contributed by atoms with van der Waals surface area (Å²) in [7, 11) is 0. The van der Waals surface area contributed by atoms with Crippen molar-refractivity contribution in [2.45, 2.75) is 9.92 Å². The number of halogens is 1. The number of fused-ring (bicyclic) bond motifs is 1. The maximum atomic E-state index is 4.27. The summed E-state index contributed by atoms with van der Waals surface area (Å²) in [5.41, 5.74) is 1.56. The van der Waals surface area contributed by atoms with Crippen molar-refractivity contribution < 1.29 is 0 Å². The van der Waals surface area contributed by atoms with Crippen LogP contribution in [0.3, 0.4) is 0 Å². The van der Waals surface area contributed by atoms with Gasteiger partial charge in [0, 0.05) is 9.37 Å². The van der Waals surface area contributed by atoms with Crippen LogP contribution in [0.5, 0.6) is 0 Å². The topological polar surface area (TPSA) is 54.5 Å². The van der Waals surface area contributed by atoms with Gasteiger partial charge in [0.2, 0.25) is 0 Å². The van der Waals surface area contributed by atoms with Crippen LogP contribution in [0.4, 0.5) is 0 Å². The average Bonchev–Trinajstić information content (AvgIpc) is 2.78. The second-order valence-corrected chi connectivity index (χ2v) is 5.32. The molecule has 0 aliphatic rings. The molecule has 0 atom stereocenters. The highest BCUT2D eigenvalue weighted by molar-refractivity contribution is 9.10. The molecule has 3 aromatic rings. The molecule has 2 heterocycles. The van der Waals surface area contributed by atoms with Crippen molar-refractivity contribution in [3.05, 3.63) is 41.4 Å². The van der Waals surface area contributed by atoms with Gasteiger partial charge in [-0.1, -0.05) is 33.8 Å². The highest BCUT2D eigenvalue weighted by Crippen LogP contribution is 2.30. The molecule has 17 heavy (non-hydrogen) atoms. The summed E-state index contributed by atoms with van der Waals surface area (Å²) in [5.74, 6) is 0. The van der Waals surface area contributed by atoms with Crippen molar-refractivity contribution in [2.75, 3.05) is 0 Å². The zero-order valence-corrected chi connectivity index (χ0v) is 11.0. The van der Waals surface area contributed by atoms with Gasteiger partial charge < -0.3 is 4.98 Å². The largest absolute Gasteiger partial charge is 0.341 e. The van der Waals surface area contributed by atoms with Crippen LogP contribution in [0.2, 0.25) is 0 Å². The first-order chi connectivity index (χ1) is 8.33. The van der Waals surface area contributed by atoms with E-state index in [1.807, 2.05) is 18.2 Å². The summed E-state index contributed by atoms with van der Waals surface area (Å²) in [6.45, 7) is 0. The van der Waals surface area contributed by atoms with Crippen LogP contribution in [0.25, 0.3) is 11.2 Å². The molecule has 0 aliphatic heterocycles. The lowest BCUT2D eigenvalue weighted by molar-refractivity contribution is 1.08. The van der Waals surface area contributed by atoms with Crippen LogP contribution >= 0.6 is 27.7 Å². The lowest BCUT2D eigenvalue weighted by Crippen LogP contribution is -1.85. The fraction of sp³-hybridized carbons (Fsp3) is 0. The van der Waals surface area contributed by atoms with E-state index in [1.165, 1.54) is 6.33 Å². The highest BCUT2D eigenvalue weighted by atomic mass is 79.9. The monoisotopic (exact) mass is 306 g/mol. The van der Waals surface area contributed by atoms with E-state index in [-0.39, 0.29) is 0 Å². The van der Waals surface area contributed by atoms with E-state index >= 15 is 0 Å². The number of aromatic amines is 1. The molecule has 0 saturated heterocycles. The Kier molecular flexibility index (Phi) is 2.82. The molecular formula is C11H7BrN4S. The van der Waals surface area contributed by atoms with Crippen LogP contribution < -0.4 is 0 Å². The number of aromatic nitrogens is 4. The smallest absolute Gasteiger partial charge is 0.181 e. The van der Waals surface area contributed by atoms with Crippen molar-refractivity contribution in [2.24, 2.45) is 0 Å². The van der Waals surface area contributed by atoms with E-state index in [2.05, 4.69) is 41.9 Å². The van der Waals surface area contributed by atoms with Gasteiger partial charge in [-0.3, -0.25) is 0 Å². The highest BCUT2D eigenvalue weighted by Gasteiger charge is 2.07. The number of hydrogen-bond donors (Lipinski definition) is 1. The van der Waals surface area contributed by atoms with Crippen LogP contribution in [-0.4, -0.2) is 19.9 Å². The zero-order valence-electron chi connectivity index (χ0n) is 8.59. The minimum Gasteiger partial charge on any atom is -0.341 e. The number of hydrogen-bond acceptors (Lipinski definition) is 4. The van der Waals surface area contributed by atoms with Gasteiger partial charge in [0.1, 0.15) is 16.9 Å². The van der Waals surface area contributed by atoms with E-state index in [9.17, 15) is 0 Å². The molecule has 6 heteroatoms. The van der Waals surface area contributed by atoms with Gasteiger partial charge in [-0.05, 0) is 18.2 Å². The fourth-order valence-corrected chi connectivity index (χ4v) is 2.92. The Morgan fingerprint density at radius 3 is 3.00 bits per heavy atom. The Morgan fingerprint density at radius 2 is 2.12 bits per heavy atom. The van der Waals surface area contributed by atoms with E-state index in [4.69, 9.17) is 0 Å². The van der Waals surface area contributed by atoms with Gasteiger partial charge in [0.15, 0.2) is 5.65 Å². The number of nitrogens with one attached hydrogen (secondary N) is 1. The summed E-state index contributed by atoms with van der Waals surface area (Å²) < 4.78 is 1.05.